The van der Waals surface area contributed by atoms with E-state index in [2.05, 4.69) is 20.8 Å². The number of allylic oxidation sites excluding steroid dienone is 1. The van der Waals surface area contributed by atoms with Gasteiger partial charge in [0.1, 0.15) is 0 Å². The van der Waals surface area contributed by atoms with Crippen molar-refractivity contribution in [2.45, 2.75) is 120 Å². The fourth-order valence-corrected chi connectivity index (χ4v) is 5.13. The molecule has 0 aliphatic carbocycles. The zero-order chi connectivity index (χ0) is 29.9. The van der Waals surface area contributed by atoms with Gasteiger partial charge in [-0.3, -0.25) is 4.79 Å². The second-order valence-electron chi connectivity index (χ2n) is 12.1. The largest absolute Gasteiger partial charge is 0.392 e. The summed E-state index contributed by atoms with van der Waals surface area (Å²) in [4.78, 5) is 11.5. The first-order valence-corrected chi connectivity index (χ1v) is 14.4. The summed E-state index contributed by atoms with van der Waals surface area (Å²) >= 11 is 0. The van der Waals surface area contributed by atoms with Crippen LogP contribution in [0.1, 0.15) is 95.9 Å². The summed E-state index contributed by atoms with van der Waals surface area (Å²) in [6, 6.07) is 0. The van der Waals surface area contributed by atoms with Gasteiger partial charge in [-0.1, -0.05) is 79.2 Å². The molecule has 0 rings (SSSR count). The maximum Gasteiger partial charge on any atom is 0.155 e. The normalized spacial score (nSPS) is 22.1. The SMILES string of the molecule is CCC(C)CC(C)C(O)C(C)C=C(C)C(O)C(C)C=C(C)C(O)C(C)C=C(C)C(O)C(C)C=C(C)C(C)=O. The Balaban J connectivity index is 5.38. The number of hydrogen-bond donors (Lipinski definition) is 4. The Morgan fingerprint density at radius 2 is 0.947 bits per heavy atom. The number of aliphatic hydroxyl groups excluding tert-OH is 4. The molecule has 10 unspecified atom stereocenters. The minimum Gasteiger partial charge on any atom is -0.392 e. The number of carbonyl (C=O) groups is 1. The first-order chi connectivity index (χ1) is 17.4. The van der Waals surface area contributed by atoms with Crippen LogP contribution in [0.5, 0.6) is 0 Å². The summed E-state index contributed by atoms with van der Waals surface area (Å²) in [7, 11) is 0. The monoisotopic (exact) mass is 534 g/mol. The van der Waals surface area contributed by atoms with E-state index in [1.165, 1.54) is 6.92 Å². The van der Waals surface area contributed by atoms with Crippen LogP contribution in [0.3, 0.4) is 0 Å². The molecule has 0 aromatic heterocycles. The molecule has 0 aromatic rings. The van der Waals surface area contributed by atoms with Gasteiger partial charge in [-0.05, 0) is 75.2 Å². The van der Waals surface area contributed by atoms with Gasteiger partial charge >= 0.3 is 0 Å². The summed E-state index contributed by atoms with van der Waals surface area (Å²) in [6.45, 7) is 23.0. The quantitative estimate of drug-likeness (QED) is 0.135. The van der Waals surface area contributed by atoms with Crippen molar-refractivity contribution < 1.29 is 25.2 Å². The van der Waals surface area contributed by atoms with Crippen LogP contribution >= 0.6 is 0 Å². The lowest BCUT2D eigenvalue weighted by atomic mass is 9.84. The highest BCUT2D eigenvalue weighted by Crippen LogP contribution is 2.26. The minimum absolute atomic E-state index is 0.0153. The Kier molecular flexibility index (Phi) is 16.5. The Hall–Kier alpha value is -1.53. The second kappa shape index (κ2) is 17.2. The first-order valence-electron chi connectivity index (χ1n) is 14.4. The van der Waals surface area contributed by atoms with Gasteiger partial charge in [0.2, 0.25) is 0 Å². The minimum atomic E-state index is -0.761. The van der Waals surface area contributed by atoms with E-state index in [0.29, 0.717) is 11.5 Å². The van der Waals surface area contributed by atoms with Gasteiger partial charge < -0.3 is 20.4 Å². The average Bonchev–Trinajstić information content (AvgIpc) is 2.85. The number of rotatable bonds is 16. The summed E-state index contributed by atoms with van der Waals surface area (Å²) in [5.41, 5.74) is 2.93. The number of carbonyl (C=O) groups excluding carboxylic acids is 1. The van der Waals surface area contributed by atoms with Crippen LogP contribution in [0, 0.1) is 35.5 Å². The predicted molar refractivity (Wildman–Crippen MR) is 160 cm³/mol. The summed E-state index contributed by atoms with van der Waals surface area (Å²) in [6.07, 6.45) is 6.90. The Labute approximate surface area is 233 Å². The molecule has 0 heterocycles. The molecule has 0 amide bonds. The van der Waals surface area contributed by atoms with E-state index in [-0.39, 0.29) is 35.4 Å². The van der Waals surface area contributed by atoms with Crippen molar-refractivity contribution in [2.75, 3.05) is 0 Å². The first kappa shape index (κ1) is 36.5. The average molecular weight is 535 g/mol. The Morgan fingerprint density at radius 1 is 0.605 bits per heavy atom. The van der Waals surface area contributed by atoms with Crippen LogP contribution < -0.4 is 0 Å². The highest BCUT2D eigenvalue weighted by molar-refractivity contribution is 5.92. The lowest BCUT2D eigenvalue weighted by Crippen LogP contribution is -2.27. The molecule has 4 N–H and O–H groups in total. The fourth-order valence-electron chi connectivity index (χ4n) is 5.13. The smallest absolute Gasteiger partial charge is 0.155 e. The number of hydrogen-bond acceptors (Lipinski definition) is 5. The molecular formula is C33H58O5. The molecule has 5 heteroatoms. The molecule has 10 atom stereocenters. The van der Waals surface area contributed by atoms with E-state index in [1.807, 2.05) is 66.7 Å². The van der Waals surface area contributed by atoms with Crippen molar-refractivity contribution in [1.82, 2.24) is 0 Å². The topological polar surface area (TPSA) is 98.0 Å². The lowest BCUT2D eigenvalue weighted by molar-refractivity contribution is -0.113. The zero-order valence-corrected chi connectivity index (χ0v) is 26.2. The molecule has 0 saturated carbocycles. The van der Waals surface area contributed by atoms with E-state index in [4.69, 9.17) is 0 Å². The van der Waals surface area contributed by atoms with Crippen LogP contribution in [0.25, 0.3) is 0 Å². The van der Waals surface area contributed by atoms with Crippen LogP contribution in [-0.4, -0.2) is 50.6 Å². The van der Waals surface area contributed by atoms with Crippen LogP contribution in [0.15, 0.2) is 46.6 Å². The van der Waals surface area contributed by atoms with Crippen molar-refractivity contribution in [3.8, 4) is 0 Å². The maximum absolute atomic E-state index is 11.5. The van der Waals surface area contributed by atoms with Crippen molar-refractivity contribution in [2.24, 2.45) is 35.5 Å². The second-order valence-corrected chi connectivity index (χ2v) is 12.1. The van der Waals surface area contributed by atoms with E-state index in [1.54, 1.807) is 13.0 Å². The van der Waals surface area contributed by atoms with E-state index in [9.17, 15) is 25.2 Å². The lowest BCUT2D eigenvalue weighted by Gasteiger charge is -2.27. The zero-order valence-electron chi connectivity index (χ0n) is 26.2. The fraction of sp³-hybridized carbons (Fsp3) is 0.727. The molecule has 5 nitrogen and oxygen atoms in total. The Morgan fingerprint density at radius 3 is 1.29 bits per heavy atom. The molecule has 38 heavy (non-hydrogen) atoms. The molecule has 0 aliphatic rings. The van der Waals surface area contributed by atoms with Crippen LogP contribution in [-0.2, 0) is 4.79 Å². The van der Waals surface area contributed by atoms with Gasteiger partial charge in [0.15, 0.2) is 5.78 Å². The van der Waals surface area contributed by atoms with Crippen molar-refractivity contribution in [3.05, 3.63) is 46.6 Å². The molecule has 220 valence electrons. The molecule has 0 saturated heterocycles. The van der Waals surface area contributed by atoms with E-state index < -0.39 is 24.4 Å². The molecule has 0 fully saturated rings. The molecule has 0 spiro atoms. The standard InChI is InChI=1S/C33H58O5/c1-13-19(2)14-21(4)30(35)23(6)16-25(8)32(37)27(10)18-28(11)33(38)26(9)17-24(7)31(36)22(5)15-20(3)29(12)34/h15-19,21-23,26-27,30-33,35-38H,13-14H2,1-12H3. The highest BCUT2D eigenvalue weighted by Gasteiger charge is 2.24. The number of aliphatic hydroxyl groups is 4. The van der Waals surface area contributed by atoms with Crippen molar-refractivity contribution in [3.63, 3.8) is 0 Å². The Bertz CT molecular complexity index is 851. The summed E-state index contributed by atoms with van der Waals surface area (Å²) < 4.78 is 0. The molecule has 0 aromatic carbocycles. The third-order valence-corrected chi connectivity index (χ3v) is 8.13. The third-order valence-electron chi connectivity index (χ3n) is 8.13. The van der Waals surface area contributed by atoms with Gasteiger partial charge in [-0.2, -0.15) is 0 Å². The maximum atomic E-state index is 11.5. The molecule has 0 aliphatic heterocycles. The van der Waals surface area contributed by atoms with Gasteiger partial charge in [0.05, 0.1) is 24.4 Å². The van der Waals surface area contributed by atoms with Crippen molar-refractivity contribution in [1.29, 1.82) is 0 Å². The van der Waals surface area contributed by atoms with Crippen molar-refractivity contribution >= 4 is 5.78 Å². The molecule has 0 bridgehead atoms. The third kappa shape index (κ3) is 12.1. The molecular weight excluding hydrogens is 476 g/mol. The van der Waals surface area contributed by atoms with E-state index in [0.717, 1.165) is 29.6 Å². The van der Waals surface area contributed by atoms with Gasteiger partial charge in [-0.25, -0.2) is 0 Å². The van der Waals surface area contributed by atoms with Gasteiger partial charge in [0, 0.05) is 23.7 Å². The van der Waals surface area contributed by atoms with Crippen LogP contribution in [0.2, 0.25) is 0 Å². The van der Waals surface area contributed by atoms with Gasteiger partial charge in [0.25, 0.3) is 0 Å². The van der Waals surface area contributed by atoms with Gasteiger partial charge in [-0.15, -0.1) is 0 Å². The summed E-state index contributed by atoms with van der Waals surface area (Å²) in [5, 5.41) is 43.3. The van der Waals surface area contributed by atoms with E-state index >= 15 is 0 Å². The highest BCUT2D eigenvalue weighted by atomic mass is 16.3. The number of ketones is 1. The molecule has 0 radical (unpaired) electrons. The summed E-state index contributed by atoms with van der Waals surface area (Å²) in [5.74, 6) is -0.00684. The predicted octanol–water partition coefficient (Wildman–Crippen LogP) is 6.42. The van der Waals surface area contributed by atoms with Crippen LogP contribution in [0.4, 0.5) is 0 Å². The number of Topliss-reactive ketones (excluding diaryl/α,β-unsaturated/α-hetero) is 1.